The normalized spacial score (nSPS) is 11.2. The summed E-state index contributed by atoms with van der Waals surface area (Å²) < 4.78 is 3.38. The van der Waals surface area contributed by atoms with Gasteiger partial charge in [-0.15, -0.1) is 0 Å². The van der Waals surface area contributed by atoms with Gasteiger partial charge in [0, 0.05) is 6.54 Å². The lowest BCUT2D eigenvalue weighted by Gasteiger charge is -2.16. The second kappa shape index (κ2) is 7.46. The van der Waals surface area contributed by atoms with E-state index in [4.69, 9.17) is 28.6 Å². The van der Waals surface area contributed by atoms with E-state index in [1.807, 2.05) is 34.9 Å². The highest BCUT2D eigenvalue weighted by molar-refractivity contribution is 6.42. The predicted molar refractivity (Wildman–Crippen MR) is 103 cm³/mol. The number of fused-ring (bicyclic) bond motifs is 1. The third kappa shape index (κ3) is 3.51. The van der Waals surface area contributed by atoms with Crippen molar-refractivity contribution < 1.29 is 0 Å². The van der Waals surface area contributed by atoms with Crippen molar-refractivity contribution >= 4 is 34.1 Å². The summed E-state index contributed by atoms with van der Waals surface area (Å²) in [5.74, 6) is 0. The summed E-state index contributed by atoms with van der Waals surface area (Å²) in [4.78, 5) is 12.9. The molecular formula is C19H19Cl2N3O. The lowest BCUT2D eigenvalue weighted by atomic mass is 10.2. The second-order valence-electron chi connectivity index (χ2n) is 5.99. The van der Waals surface area contributed by atoms with Gasteiger partial charge in [-0.25, -0.2) is 0 Å². The van der Waals surface area contributed by atoms with Crippen molar-refractivity contribution in [1.29, 1.82) is 5.41 Å². The van der Waals surface area contributed by atoms with Crippen LogP contribution in [0.4, 0.5) is 0 Å². The maximum absolute atomic E-state index is 12.9. The van der Waals surface area contributed by atoms with E-state index in [9.17, 15) is 4.79 Å². The molecule has 1 heterocycles. The van der Waals surface area contributed by atoms with Crippen LogP contribution < -0.4 is 11.2 Å². The third-order valence-electron chi connectivity index (χ3n) is 4.24. The maximum atomic E-state index is 12.9. The van der Waals surface area contributed by atoms with Crippen molar-refractivity contribution in [2.75, 3.05) is 0 Å². The number of hydrogen-bond acceptors (Lipinski definition) is 2. The van der Waals surface area contributed by atoms with Crippen molar-refractivity contribution in [3.05, 3.63) is 74.0 Å². The fourth-order valence-corrected chi connectivity index (χ4v) is 3.22. The molecular weight excluding hydrogens is 357 g/mol. The molecule has 4 nitrogen and oxygen atoms in total. The zero-order chi connectivity index (χ0) is 18.0. The van der Waals surface area contributed by atoms with Gasteiger partial charge in [-0.3, -0.25) is 14.8 Å². The summed E-state index contributed by atoms with van der Waals surface area (Å²) in [5.41, 5.74) is 1.67. The molecule has 0 aliphatic rings. The Morgan fingerprint density at radius 1 is 1.04 bits per heavy atom. The molecule has 0 fully saturated rings. The third-order valence-corrected chi connectivity index (χ3v) is 4.98. The summed E-state index contributed by atoms with van der Waals surface area (Å²) in [7, 11) is 0. The summed E-state index contributed by atoms with van der Waals surface area (Å²) in [6.07, 6.45) is 1.97. The molecule has 3 rings (SSSR count). The van der Waals surface area contributed by atoms with Crippen LogP contribution in [0.15, 0.2) is 47.3 Å². The molecule has 0 spiro atoms. The first-order valence-corrected chi connectivity index (χ1v) is 8.99. The topological polar surface area (TPSA) is 50.8 Å². The fourth-order valence-electron chi connectivity index (χ4n) is 2.90. The second-order valence-corrected chi connectivity index (χ2v) is 6.80. The minimum absolute atomic E-state index is 0.167. The SMILES string of the molecule is CCCCn1c(=N)n(Cc2ccc(Cl)c(Cl)c2)c(=O)c2ccccc21. The van der Waals surface area contributed by atoms with E-state index in [2.05, 4.69) is 6.92 Å². The summed E-state index contributed by atoms with van der Waals surface area (Å²) in [6, 6.07) is 12.7. The highest BCUT2D eigenvalue weighted by Gasteiger charge is 2.11. The number of nitrogens with zero attached hydrogens (tertiary/aromatic N) is 2. The van der Waals surface area contributed by atoms with Crippen LogP contribution in [0.3, 0.4) is 0 Å². The van der Waals surface area contributed by atoms with Gasteiger partial charge in [0.2, 0.25) is 5.62 Å². The molecule has 0 saturated carbocycles. The van der Waals surface area contributed by atoms with Crippen molar-refractivity contribution in [1.82, 2.24) is 9.13 Å². The number of hydrogen-bond donors (Lipinski definition) is 1. The van der Waals surface area contributed by atoms with Crippen molar-refractivity contribution in [2.45, 2.75) is 32.9 Å². The summed E-state index contributed by atoms with van der Waals surface area (Å²) >= 11 is 12.0. The van der Waals surface area contributed by atoms with Gasteiger partial charge in [0.05, 0.1) is 27.5 Å². The van der Waals surface area contributed by atoms with Crippen LogP contribution in [0.2, 0.25) is 10.0 Å². The molecule has 0 amide bonds. The van der Waals surface area contributed by atoms with E-state index < -0.39 is 0 Å². The van der Waals surface area contributed by atoms with Crippen LogP contribution in [0.1, 0.15) is 25.3 Å². The zero-order valence-corrected chi connectivity index (χ0v) is 15.4. The van der Waals surface area contributed by atoms with Crippen LogP contribution in [-0.2, 0) is 13.1 Å². The van der Waals surface area contributed by atoms with Gasteiger partial charge in [0.15, 0.2) is 0 Å². The largest absolute Gasteiger partial charge is 0.312 e. The summed E-state index contributed by atoms with van der Waals surface area (Å²) in [5, 5.41) is 10.1. The van der Waals surface area contributed by atoms with Gasteiger partial charge in [-0.1, -0.05) is 54.7 Å². The van der Waals surface area contributed by atoms with E-state index in [-0.39, 0.29) is 17.7 Å². The van der Waals surface area contributed by atoms with E-state index in [1.165, 1.54) is 4.57 Å². The molecule has 6 heteroatoms. The highest BCUT2D eigenvalue weighted by Crippen LogP contribution is 2.22. The lowest BCUT2D eigenvalue weighted by Crippen LogP contribution is -2.40. The molecule has 0 aliphatic heterocycles. The molecule has 0 radical (unpaired) electrons. The molecule has 1 aromatic heterocycles. The Hall–Kier alpha value is -2.04. The molecule has 0 bridgehead atoms. The fraction of sp³-hybridized carbons (Fsp3) is 0.263. The van der Waals surface area contributed by atoms with Gasteiger partial charge < -0.3 is 4.57 Å². The van der Waals surface area contributed by atoms with Gasteiger partial charge in [0.1, 0.15) is 0 Å². The number of benzene rings is 2. The number of unbranched alkanes of at least 4 members (excludes halogenated alkanes) is 1. The number of halogens is 2. The molecule has 1 N–H and O–H groups in total. The van der Waals surface area contributed by atoms with E-state index in [0.29, 0.717) is 22.0 Å². The van der Waals surface area contributed by atoms with Crippen molar-refractivity contribution in [3.8, 4) is 0 Å². The first-order chi connectivity index (χ1) is 12.0. The first-order valence-electron chi connectivity index (χ1n) is 8.24. The van der Waals surface area contributed by atoms with E-state index in [0.717, 1.165) is 23.9 Å². The Kier molecular flexibility index (Phi) is 5.30. The molecule has 2 aromatic carbocycles. The number of aryl methyl sites for hydroxylation is 1. The quantitative estimate of drug-likeness (QED) is 0.703. The molecule has 0 saturated heterocycles. The minimum Gasteiger partial charge on any atom is -0.312 e. The Morgan fingerprint density at radius 2 is 1.80 bits per heavy atom. The van der Waals surface area contributed by atoms with E-state index >= 15 is 0 Å². The Labute approximate surface area is 155 Å². The van der Waals surface area contributed by atoms with E-state index in [1.54, 1.807) is 12.1 Å². The molecule has 3 aromatic rings. The molecule has 0 atom stereocenters. The average Bonchev–Trinajstić information content (AvgIpc) is 2.61. The maximum Gasteiger partial charge on any atom is 0.263 e. The average molecular weight is 376 g/mol. The van der Waals surface area contributed by atoms with Gasteiger partial charge in [-0.2, -0.15) is 0 Å². The smallest absolute Gasteiger partial charge is 0.263 e. The highest BCUT2D eigenvalue weighted by atomic mass is 35.5. The standard InChI is InChI=1S/C19H19Cl2N3O/c1-2-3-10-23-17-7-5-4-6-14(17)18(25)24(19(23)22)12-13-8-9-15(20)16(21)11-13/h4-9,11,22H,2-3,10,12H2,1H3. The van der Waals surface area contributed by atoms with Crippen LogP contribution in [0.25, 0.3) is 10.9 Å². The molecule has 25 heavy (non-hydrogen) atoms. The number of para-hydroxylation sites is 1. The van der Waals surface area contributed by atoms with Crippen LogP contribution in [-0.4, -0.2) is 9.13 Å². The number of rotatable bonds is 5. The monoisotopic (exact) mass is 375 g/mol. The molecule has 0 unspecified atom stereocenters. The van der Waals surface area contributed by atoms with Crippen molar-refractivity contribution in [3.63, 3.8) is 0 Å². The Balaban J connectivity index is 2.18. The van der Waals surface area contributed by atoms with Gasteiger partial charge >= 0.3 is 0 Å². The first kappa shape index (κ1) is 17.8. The van der Waals surface area contributed by atoms with Crippen LogP contribution >= 0.6 is 23.2 Å². The summed E-state index contributed by atoms with van der Waals surface area (Å²) in [6.45, 7) is 3.10. The Morgan fingerprint density at radius 3 is 2.52 bits per heavy atom. The molecule has 0 aliphatic carbocycles. The zero-order valence-electron chi connectivity index (χ0n) is 13.9. The lowest BCUT2D eigenvalue weighted by molar-refractivity contribution is 0.551. The predicted octanol–water partition coefficient (Wildman–Crippen LogP) is 4.44. The minimum atomic E-state index is -0.167. The van der Waals surface area contributed by atoms with Crippen molar-refractivity contribution in [2.24, 2.45) is 0 Å². The number of nitrogens with one attached hydrogen (secondary N) is 1. The van der Waals surface area contributed by atoms with Crippen LogP contribution in [0, 0.1) is 5.41 Å². The molecule has 130 valence electrons. The van der Waals surface area contributed by atoms with Gasteiger partial charge in [0.25, 0.3) is 5.56 Å². The van der Waals surface area contributed by atoms with Crippen LogP contribution in [0.5, 0.6) is 0 Å². The Bertz CT molecular complexity index is 1040. The number of aromatic nitrogens is 2. The van der Waals surface area contributed by atoms with Gasteiger partial charge in [-0.05, 0) is 36.2 Å².